The molecule has 1 nitrogen and oxygen atoms in total. The molecule has 2 heterocycles. The van der Waals surface area contributed by atoms with Crippen LogP contribution in [0.5, 0.6) is 0 Å². The minimum Gasteiger partial charge on any atom is -0.313 e. The summed E-state index contributed by atoms with van der Waals surface area (Å²) in [5, 5.41) is 0. The number of fused-ring (bicyclic) bond motifs is 4. The minimum absolute atomic E-state index is 0.206. The quantitative estimate of drug-likeness (QED) is 0.159. The van der Waals surface area contributed by atoms with Crippen LogP contribution in [0.15, 0.2) is 115 Å². The van der Waals surface area contributed by atoms with E-state index in [1.54, 1.807) is 0 Å². The fourth-order valence-corrected chi connectivity index (χ4v) is 7.46. The van der Waals surface area contributed by atoms with Crippen molar-refractivity contribution < 1.29 is 0 Å². The number of para-hydroxylation sites is 2. The molecule has 0 aliphatic carbocycles. The van der Waals surface area contributed by atoms with Crippen LogP contribution in [0, 0.1) is 6.92 Å². The van der Waals surface area contributed by atoms with Gasteiger partial charge in [0.2, 0.25) is 13.4 Å². The number of hydrogen-bond acceptors (Lipinski definition) is 1. The molecule has 0 amide bonds. The lowest BCUT2D eigenvalue weighted by Crippen LogP contribution is -2.65. The Labute approximate surface area is 252 Å². The summed E-state index contributed by atoms with van der Waals surface area (Å²) < 4.78 is 0. The molecular formula is C39H39B2N. The summed E-state index contributed by atoms with van der Waals surface area (Å²) in [7, 11) is 0. The highest BCUT2D eigenvalue weighted by atomic mass is 15.2. The van der Waals surface area contributed by atoms with Crippen molar-refractivity contribution in [3.8, 4) is 0 Å². The van der Waals surface area contributed by atoms with E-state index in [4.69, 9.17) is 0 Å². The van der Waals surface area contributed by atoms with Crippen molar-refractivity contribution in [3.63, 3.8) is 0 Å². The summed E-state index contributed by atoms with van der Waals surface area (Å²) in [6, 6.07) is 43.7. The van der Waals surface area contributed by atoms with Crippen LogP contribution in [-0.2, 0) is 6.42 Å². The molecule has 0 bridgehead atoms. The maximum atomic E-state index is 2.56. The fraction of sp³-hybridized carbons (Fsp3) is 0.231. The molecule has 0 fully saturated rings. The molecule has 5 aromatic rings. The van der Waals surface area contributed by atoms with Gasteiger partial charge in [0.15, 0.2) is 0 Å². The third-order valence-corrected chi connectivity index (χ3v) is 9.40. The lowest BCUT2D eigenvalue weighted by molar-refractivity contribution is 0.607. The van der Waals surface area contributed by atoms with Crippen molar-refractivity contribution in [2.45, 2.75) is 58.8 Å². The minimum atomic E-state index is 0.206. The molecule has 0 spiro atoms. The second-order valence-electron chi connectivity index (χ2n) is 12.3. The van der Waals surface area contributed by atoms with E-state index in [0.717, 1.165) is 6.42 Å². The third-order valence-electron chi connectivity index (χ3n) is 9.40. The Morgan fingerprint density at radius 1 is 0.524 bits per heavy atom. The van der Waals surface area contributed by atoms with Crippen LogP contribution in [-0.4, -0.2) is 13.4 Å². The van der Waals surface area contributed by atoms with Gasteiger partial charge in [-0.3, -0.25) is 0 Å². The maximum Gasteiger partial charge on any atom is 0.246 e. The number of nitrogens with zero attached hydrogens (tertiary/aromatic N) is 1. The molecule has 0 saturated heterocycles. The smallest absolute Gasteiger partial charge is 0.246 e. The van der Waals surface area contributed by atoms with Crippen LogP contribution < -0.4 is 37.7 Å². The Kier molecular flexibility index (Phi) is 7.51. The molecule has 5 aromatic carbocycles. The summed E-state index contributed by atoms with van der Waals surface area (Å²) in [6.45, 7) is 4.92. The van der Waals surface area contributed by atoms with E-state index in [2.05, 4.69) is 134 Å². The van der Waals surface area contributed by atoms with Crippen LogP contribution >= 0.6 is 0 Å². The van der Waals surface area contributed by atoms with Crippen LogP contribution in [0.4, 0.5) is 17.1 Å². The van der Waals surface area contributed by atoms with Crippen LogP contribution in [0.25, 0.3) is 0 Å². The molecule has 0 aromatic heterocycles. The molecule has 0 radical (unpaired) electrons. The van der Waals surface area contributed by atoms with Crippen molar-refractivity contribution in [2.75, 3.05) is 4.90 Å². The molecule has 2 aliphatic rings. The van der Waals surface area contributed by atoms with E-state index >= 15 is 0 Å². The second-order valence-corrected chi connectivity index (χ2v) is 12.3. The number of rotatable bonds is 9. The van der Waals surface area contributed by atoms with Gasteiger partial charge in [0.05, 0.1) is 0 Å². The zero-order valence-electron chi connectivity index (χ0n) is 25.0. The number of benzene rings is 5. The van der Waals surface area contributed by atoms with Gasteiger partial charge in [0.1, 0.15) is 0 Å². The van der Waals surface area contributed by atoms with Gasteiger partial charge in [-0.15, -0.1) is 0 Å². The van der Waals surface area contributed by atoms with Crippen LogP contribution in [0.2, 0.25) is 0 Å². The summed E-state index contributed by atoms with van der Waals surface area (Å²) >= 11 is 0. The fourth-order valence-electron chi connectivity index (χ4n) is 7.46. The lowest BCUT2D eigenvalue weighted by Gasteiger charge is -2.44. The predicted molar refractivity (Wildman–Crippen MR) is 185 cm³/mol. The average Bonchev–Trinajstić information content (AvgIpc) is 3.03. The maximum absolute atomic E-state index is 2.56. The zero-order valence-corrected chi connectivity index (χ0v) is 25.0. The van der Waals surface area contributed by atoms with Crippen molar-refractivity contribution in [1.82, 2.24) is 0 Å². The molecule has 3 heteroatoms. The highest BCUT2D eigenvalue weighted by molar-refractivity contribution is 7.02. The lowest BCUT2D eigenvalue weighted by atomic mass is 9.30. The largest absolute Gasteiger partial charge is 0.313 e. The standard InChI is InChI=1S/C39H39B2N/c1-3-4-5-6-7-9-16-30-17-14-20-32(28-30)41-33-21-12-13-24-37(33)42-38-26-25-29(2)27-36(38)40(31-18-10-8-11-19-31)34-22-15-23-35(41)39(34)42/h8,10-15,17-28H,3-7,9,16H2,1-2H3. The van der Waals surface area contributed by atoms with Crippen molar-refractivity contribution in [3.05, 3.63) is 126 Å². The summed E-state index contributed by atoms with van der Waals surface area (Å²) in [6.07, 6.45) is 9.18. The van der Waals surface area contributed by atoms with E-state index in [9.17, 15) is 0 Å². The molecule has 42 heavy (non-hydrogen) atoms. The van der Waals surface area contributed by atoms with Gasteiger partial charge in [-0.25, -0.2) is 0 Å². The second kappa shape index (κ2) is 11.7. The number of anilines is 3. The molecule has 0 atom stereocenters. The Morgan fingerprint density at radius 2 is 1.17 bits per heavy atom. The van der Waals surface area contributed by atoms with Gasteiger partial charge >= 0.3 is 0 Å². The monoisotopic (exact) mass is 543 g/mol. The highest BCUT2D eigenvalue weighted by Crippen LogP contribution is 2.37. The Hall–Kier alpha value is -3.97. The van der Waals surface area contributed by atoms with E-state index in [0.29, 0.717) is 0 Å². The SMILES string of the molecule is CCCCCCCCc1cccc(B2c3ccccc3N3c4ccc(C)cc4B(c4ccccc4)c4cccc2c43)c1. The number of hydrogen-bond donors (Lipinski definition) is 0. The first-order chi connectivity index (χ1) is 20.7. The predicted octanol–water partition coefficient (Wildman–Crippen LogP) is 6.03. The number of aryl methyl sites for hydroxylation is 2. The summed E-state index contributed by atoms with van der Waals surface area (Å²) in [5.41, 5.74) is 15.1. The molecule has 0 saturated carbocycles. The first-order valence-corrected chi connectivity index (χ1v) is 16.0. The Bertz CT molecular complexity index is 1710. The van der Waals surface area contributed by atoms with Gasteiger partial charge in [-0.05, 0) is 59.3 Å². The van der Waals surface area contributed by atoms with Gasteiger partial charge in [-0.2, -0.15) is 0 Å². The molecule has 7 rings (SSSR count). The molecule has 2 aliphatic heterocycles. The van der Waals surface area contributed by atoms with Crippen LogP contribution in [0.3, 0.4) is 0 Å². The van der Waals surface area contributed by atoms with E-state index in [1.807, 2.05) is 0 Å². The zero-order chi connectivity index (χ0) is 28.5. The molecular weight excluding hydrogens is 504 g/mol. The molecule has 0 N–H and O–H groups in total. The van der Waals surface area contributed by atoms with Gasteiger partial charge in [0, 0.05) is 17.1 Å². The van der Waals surface area contributed by atoms with Crippen molar-refractivity contribution in [2.24, 2.45) is 0 Å². The van der Waals surface area contributed by atoms with E-state index in [-0.39, 0.29) is 13.4 Å². The summed E-state index contributed by atoms with van der Waals surface area (Å²) in [5.74, 6) is 0. The third kappa shape index (κ3) is 4.79. The topological polar surface area (TPSA) is 3.24 Å². The highest BCUT2D eigenvalue weighted by Gasteiger charge is 2.42. The van der Waals surface area contributed by atoms with E-state index in [1.165, 1.54) is 99.5 Å². The van der Waals surface area contributed by atoms with Crippen molar-refractivity contribution >= 4 is 63.3 Å². The van der Waals surface area contributed by atoms with Gasteiger partial charge in [-0.1, -0.05) is 159 Å². The first-order valence-electron chi connectivity index (χ1n) is 16.0. The number of unbranched alkanes of at least 4 members (excludes halogenated alkanes) is 5. The average molecular weight is 543 g/mol. The summed E-state index contributed by atoms with van der Waals surface area (Å²) in [4.78, 5) is 2.56. The van der Waals surface area contributed by atoms with E-state index < -0.39 is 0 Å². The van der Waals surface area contributed by atoms with Gasteiger partial charge in [0.25, 0.3) is 0 Å². The molecule has 0 unspecified atom stereocenters. The Balaban J connectivity index is 1.35. The molecule has 206 valence electrons. The first kappa shape index (κ1) is 26.9. The van der Waals surface area contributed by atoms with Gasteiger partial charge < -0.3 is 4.90 Å². The Morgan fingerprint density at radius 3 is 2.00 bits per heavy atom. The normalized spacial score (nSPS) is 13.0. The van der Waals surface area contributed by atoms with Crippen LogP contribution in [0.1, 0.15) is 56.6 Å². The van der Waals surface area contributed by atoms with Crippen molar-refractivity contribution in [1.29, 1.82) is 0 Å².